The van der Waals surface area contributed by atoms with Gasteiger partial charge in [0.15, 0.2) is 0 Å². The molecule has 7 nitrogen and oxygen atoms in total. The number of pyridine rings is 1. The summed E-state index contributed by atoms with van der Waals surface area (Å²) in [6, 6.07) is 5.78. The fraction of sp³-hybridized carbons (Fsp3) is 0.278. The molecule has 3 aromatic heterocycles. The average molecular weight is 443 g/mol. The summed E-state index contributed by atoms with van der Waals surface area (Å²) in [5, 5.41) is 20.6. The van der Waals surface area contributed by atoms with Crippen LogP contribution in [0.5, 0.6) is 0 Å². The zero-order valence-electron chi connectivity index (χ0n) is 14.4. The second-order valence-corrected chi connectivity index (χ2v) is 8.45. The third kappa shape index (κ3) is 3.38. The van der Waals surface area contributed by atoms with Crippen LogP contribution in [0.3, 0.4) is 0 Å². The molecule has 0 aromatic carbocycles. The average Bonchev–Trinajstić information content (AvgIpc) is 3.29. The number of nitrogens with zero attached hydrogens (tertiary/aromatic N) is 5. The minimum absolute atomic E-state index is 0.241. The van der Waals surface area contributed by atoms with E-state index in [9.17, 15) is 10.1 Å². The standard InChI is InChI=1S/C18H15BrN6OS/c1-10-2-3-11-12(7-20)18(27-14(11)6-10)24-17(26)16-13(19)4-5-15(23-16)25-8-21-22-9-25/h4-5,8-10H,2-3,6H2,1H3,(H,24,26)/t10-/m1/s1. The van der Waals surface area contributed by atoms with Crippen molar-refractivity contribution in [1.29, 1.82) is 5.26 Å². The molecule has 1 atom stereocenters. The number of amides is 1. The summed E-state index contributed by atoms with van der Waals surface area (Å²) in [6.45, 7) is 2.21. The summed E-state index contributed by atoms with van der Waals surface area (Å²) in [7, 11) is 0. The number of nitriles is 1. The summed E-state index contributed by atoms with van der Waals surface area (Å²) in [6.07, 6.45) is 5.94. The van der Waals surface area contributed by atoms with Crippen molar-refractivity contribution in [1.82, 2.24) is 19.7 Å². The summed E-state index contributed by atoms with van der Waals surface area (Å²) >= 11 is 4.88. The summed E-state index contributed by atoms with van der Waals surface area (Å²) in [5.41, 5.74) is 1.91. The van der Waals surface area contributed by atoms with Gasteiger partial charge in [0.05, 0.1) is 5.56 Å². The van der Waals surface area contributed by atoms with E-state index in [0.717, 1.165) is 24.8 Å². The second kappa shape index (κ2) is 7.21. The Kier molecular flexibility index (Phi) is 4.76. The first-order chi connectivity index (χ1) is 13.1. The quantitative estimate of drug-likeness (QED) is 0.666. The van der Waals surface area contributed by atoms with Crippen LogP contribution in [0.2, 0.25) is 0 Å². The van der Waals surface area contributed by atoms with Gasteiger partial charge in [0.1, 0.15) is 35.2 Å². The SMILES string of the molecule is C[C@@H]1CCc2c(sc(NC(=O)c3nc(-n4cnnc4)ccc3Br)c2C#N)C1. The zero-order chi connectivity index (χ0) is 19.0. The minimum atomic E-state index is -0.361. The Morgan fingerprint density at radius 3 is 2.93 bits per heavy atom. The highest BCUT2D eigenvalue weighted by Crippen LogP contribution is 2.39. The highest BCUT2D eigenvalue weighted by molar-refractivity contribution is 9.10. The molecule has 3 heterocycles. The molecule has 1 aliphatic rings. The van der Waals surface area contributed by atoms with Crippen molar-refractivity contribution in [3.63, 3.8) is 0 Å². The Morgan fingerprint density at radius 1 is 1.41 bits per heavy atom. The lowest BCUT2D eigenvalue weighted by atomic mass is 9.89. The topological polar surface area (TPSA) is 96.5 Å². The molecule has 0 bridgehead atoms. The molecule has 0 radical (unpaired) electrons. The van der Waals surface area contributed by atoms with Gasteiger partial charge in [-0.15, -0.1) is 21.5 Å². The maximum absolute atomic E-state index is 12.9. The van der Waals surface area contributed by atoms with Crippen LogP contribution in [0.4, 0.5) is 5.00 Å². The first-order valence-electron chi connectivity index (χ1n) is 8.44. The predicted molar refractivity (Wildman–Crippen MR) is 105 cm³/mol. The Balaban J connectivity index is 1.66. The number of aromatic nitrogens is 4. The number of hydrogen-bond acceptors (Lipinski definition) is 6. The molecular formula is C18H15BrN6OS. The van der Waals surface area contributed by atoms with E-state index in [4.69, 9.17) is 0 Å². The van der Waals surface area contributed by atoms with E-state index in [1.54, 1.807) is 16.7 Å². The Bertz CT molecular complexity index is 1050. The van der Waals surface area contributed by atoms with Crippen LogP contribution in [0.1, 0.15) is 39.8 Å². The maximum Gasteiger partial charge on any atom is 0.276 e. The lowest BCUT2D eigenvalue weighted by molar-refractivity contribution is 0.102. The van der Waals surface area contributed by atoms with Crippen molar-refractivity contribution in [2.24, 2.45) is 5.92 Å². The Hall–Kier alpha value is -2.57. The van der Waals surface area contributed by atoms with Gasteiger partial charge in [-0.1, -0.05) is 6.92 Å². The van der Waals surface area contributed by atoms with Gasteiger partial charge in [-0.25, -0.2) is 4.98 Å². The monoisotopic (exact) mass is 442 g/mol. The number of carbonyl (C=O) groups excluding carboxylic acids is 1. The van der Waals surface area contributed by atoms with Gasteiger partial charge >= 0.3 is 0 Å². The number of hydrogen-bond donors (Lipinski definition) is 1. The van der Waals surface area contributed by atoms with Gasteiger partial charge in [0, 0.05) is 9.35 Å². The Labute approximate surface area is 168 Å². The van der Waals surface area contributed by atoms with Crippen molar-refractivity contribution < 1.29 is 4.79 Å². The molecule has 0 aliphatic heterocycles. The summed E-state index contributed by atoms with van der Waals surface area (Å²) < 4.78 is 2.19. The van der Waals surface area contributed by atoms with E-state index in [1.165, 1.54) is 28.9 Å². The van der Waals surface area contributed by atoms with Gasteiger partial charge in [-0.3, -0.25) is 9.36 Å². The third-order valence-corrected chi connectivity index (χ3v) is 6.39. The van der Waals surface area contributed by atoms with Crippen LogP contribution in [0, 0.1) is 17.2 Å². The van der Waals surface area contributed by atoms with Crippen LogP contribution >= 0.6 is 27.3 Å². The highest BCUT2D eigenvalue weighted by Gasteiger charge is 2.25. The van der Waals surface area contributed by atoms with Gasteiger partial charge in [0.2, 0.25) is 0 Å². The molecule has 9 heteroatoms. The molecule has 0 saturated carbocycles. The number of anilines is 1. The van der Waals surface area contributed by atoms with E-state index < -0.39 is 0 Å². The minimum Gasteiger partial charge on any atom is -0.311 e. The first kappa shape index (κ1) is 17.8. The second-order valence-electron chi connectivity index (χ2n) is 6.49. The zero-order valence-corrected chi connectivity index (χ0v) is 16.8. The van der Waals surface area contributed by atoms with Crippen LogP contribution in [0.15, 0.2) is 29.3 Å². The molecule has 27 heavy (non-hydrogen) atoms. The van der Waals surface area contributed by atoms with Crippen LogP contribution in [-0.2, 0) is 12.8 Å². The molecule has 1 N–H and O–H groups in total. The van der Waals surface area contributed by atoms with Gasteiger partial charge in [0.25, 0.3) is 5.91 Å². The molecule has 1 aliphatic carbocycles. The number of nitrogens with one attached hydrogen (secondary N) is 1. The highest BCUT2D eigenvalue weighted by atomic mass is 79.9. The van der Waals surface area contributed by atoms with Crippen molar-refractivity contribution in [2.45, 2.75) is 26.2 Å². The molecule has 0 spiro atoms. The lowest BCUT2D eigenvalue weighted by Gasteiger charge is -2.17. The fourth-order valence-electron chi connectivity index (χ4n) is 3.17. The molecule has 136 valence electrons. The largest absolute Gasteiger partial charge is 0.311 e. The number of fused-ring (bicyclic) bond motifs is 1. The molecule has 4 rings (SSSR count). The smallest absolute Gasteiger partial charge is 0.276 e. The number of rotatable bonds is 3. The number of thiophene rings is 1. The van der Waals surface area contributed by atoms with E-state index >= 15 is 0 Å². The van der Waals surface area contributed by atoms with Crippen molar-refractivity contribution in [3.8, 4) is 11.9 Å². The first-order valence-corrected chi connectivity index (χ1v) is 10.0. The van der Waals surface area contributed by atoms with Crippen LogP contribution < -0.4 is 5.32 Å². The number of halogens is 1. The molecular weight excluding hydrogens is 428 g/mol. The number of carbonyl (C=O) groups is 1. The Morgan fingerprint density at radius 2 is 2.19 bits per heavy atom. The normalized spacial score (nSPS) is 15.8. The van der Waals surface area contributed by atoms with E-state index in [1.807, 2.05) is 0 Å². The van der Waals surface area contributed by atoms with Crippen molar-refractivity contribution in [3.05, 3.63) is 51.0 Å². The van der Waals surface area contributed by atoms with Crippen molar-refractivity contribution in [2.75, 3.05) is 5.32 Å². The third-order valence-electron chi connectivity index (χ3n) is 4.58. The lowest BCUT2D eigenvalue weighted by Crippen LogP contribution is -2.15. The van der Waals surface area contributed by atoms with Crippen LogP contribution in [-0.4, -0.2) is 25.7 Å². The summed E-state index contributed by atoms with van der Waals surface area (Å²) in [4.78, 5) is 18.5. The molecule has 0 unspecified atom stereocenters. The van der Waals surface area contributed by atoms with Gasteiger partial charge in [-0.2, -0.15) is 5.26 Å². The summed E-state index contributed by atoms with van der Waals surface area (Å²) in [5.74, 6) is 0.774. The van der Waals surface area contributed by atoms with E-state index in [-0.39, 0.29) is 11.6 Å². The fourth-order valence-corrected chi connectivity index (χ4v) is 4.93. The maximum atomic E-state index is 12.9. The molecule has 0 saturated heterocycles. The molecule has 3 aromatic rings. The predicted octanol–water partition coefficient (Wildman–Crippen LogP) is 3.74. The molecule has 0 fully saturated rings. The van der Waals surface area contributed by atoms with Crippen molar-refractivity contribution >= 4 is 38.2 Å². The van der Waals surface area contributed by atoms with Gasteiger partial charge in [-0.05, 0) is 58.8 Å². The van der Waals surface area contributed by atoms with E-state index in [2.05, 4.69) is 49.4 Å². The molecule has 1 amide bonds. The van der Waals surface area contributed by atoms with Crippen LogP contribution in [0.25, 0.3) is 5.82 Å². The van der Waals surface area contributed by atoms with Gasteiger partial charge < -0.3 is 5.32 Å². The van der Waals surface area contributed by atoms with E-state index in [0.29, 0.717) is 26.8 Å².